The molecule has 6 rings (SSSR count). The van der Waals surface area contributed by atoms with Crippen LogP contribution in [0, 0.1) is 17.6 Å². The van der Waals surface area contributed by atoms with Crippen molar-refractivity contribution in [2.75, 3.05) is 31.6 Å². The van der Waals surface area contributed by atoms with Crippen LogP contribution in [0.15, 0.2) is 36.7 Å². The Bertz CT molecular complexity index is 1490. The van der Waals surface area contributed by atoms with Crippen molar-refractivity contribution in [2.45, 2.75) is 52.0 Å². The zero-order chi connectivity index (χ0) is 27.1. The first-order valence-corrected chi connectivity index (χ1v) is 13.6. The number of fused-ring (bicyclic) bond motifs is 3. The molecular weight excluding hydrogens is 500 g/mol. The van der Waals surface area contributed by atoms with Gasteiger partial charge >= 0.3 is 0 Å². The maximum absolute atomic E-state index is 15.1. The summed E-state index contributed by atoms with van der Waals surface area (Å²) in [7, 11) is 0. The van der Waals surface area contributed by atoms with Gasteiger partial charge in [0.1, 0.15) is 28.6 Å². The van der Waals surface area contributed by atoms with E-state index >= 15 is 4.39 Å². The maximum atomic E-state index is 15.1. The Hall–Kier alpha value is -3.66. The Kier molecular flexibility index (Phi) is 6.66. The molecule has 0 bridgehead atoms. The third-order valence-corrected chi connectivity index (χ3v) is 7.98. The van der Waals surface area contributed by atoms with Crippen LogP contribution in [-0.2, 0) is 12.0 Å². The Balaban J connectivity index is 1.18. The average Bonchev–Trinajstić information content (AvgIpc) is 3.47. The van der Waals surface area contributed by atoms with Gasteiger partial charge in [-0.3, -0.25) is 0 Å². The molecule has 3 aromatic heterocycles. The van der Waals surface area contributed by atoms with E-state index in [1.807, 2.05) is 6.07 Å². The van der Waals surface area contributed by atoms with Gasteiger partial charge in [0.25, 0.3) is 0 Å². The number of pyridine rings is 1. The highest BCUT2D eigenvalue weighted by atomic mass is 19.1. The van der Waals surface area contributed by atoms with E-state index in [4.69, 9.17) is 4.74 Å². The second-order valence-corrected chi connectivity index (χ2v) is 11.1. The van der Waals surface area contributed by atoms with Crippen LogP contribution < -0.4 is 10.1 Å². The summed E-state index contributed by atoms with van der Waals surface area (Å²) < 4.78 is 38.0. The number of hydrogen-bond donors (Lipinski definition) is 1. The number of rotatable bonds is 7. The van der Waals surface area contributed by atoms with E-state index in [1.165, 1.54) is 6.07 Å². The number of nitrogens with one attached hydrogen (secondary N) is 1. The molecule has 1 fully saturated rings. The van der Waals surface area contributed by atoms with Gasteiger partial charge in [-0.2, -0.15) is 0 Å². The third-order valence-electron chi connectivity index (χ3n) is 7.98. The highest BCUT2D eigenvalue weighted by molar-refractivity contribution is 5.83. The largest absolute Gasteiger partial charge is 0.492 e. The average molecular weight is 534 g/mol. The molecule has 2 aliphatic heterocycles. The van der Waals surface area contributed by atoms with Gasteiger partial charge in [-0.15, -0.1) is 0 Å². The number of nitrogens with zero attached hydrogens (tertiary/aromatic N) is 6. The number of anilines is 2. The summed E-state index contributed by atoms with van der Waals surface area (Å²) in [5.74, 6) is 1.61. The SMILES string of the molecule is CCN1CCC(COc2ccc(Nc3ncc(F)c(-c4cc(F)c5nc6n(c5c4)C(C)(C)CC6)n3)nc2)CC1. The van der Waals surface area contributed by atoms with Gasteiger partial charge in [-0.1, -0.05) is 6.92 Å². The van der Waals surface area contributed by atoms with Crippen molar-refractivity contribution >= 4 is 22.8 Å². The molecule has 5 heterocycles. The first kappa shape index (κ1) is 25.6. The fourth-order valence-corrected chi connectivity index (χ4v) is 5.66. The fraction of sp³-hybridized carbons (Fsp3) is 0.448. The van der Waals surface area contributed by atoms with Crippen LogP contribution in [0.3, 0.4) is 0 Å². The zero-order valence-electron chi connectivity index (χ0n) is 22.5. The predicted molar refractivity (Wildman–Crippen MR) is 146 cm³/mol. The van der Waals surface area contributed by atoms with Gasteiger partial charge in [0.15, 0.2) is 11.6 Å². The topological polar surface area (TPSA) is 81.0 Å². The molecule has 10 heteroatoms. The lowest BCUT2D eigenvalue weighted by Gasteiger charge is -2.30. The quantitative estimate of drug-likeness (QED) is 0.326. The van der Waals surface area contributed by atoms with Crippen LogP contribution in [0.25, 0.3) is 22.3 Å². The van der Waals surface area contributed by atoms with Crippen LogP contribution >= 0.6 is 0 Å². The van der Waals surface area contributed by atoms with Gasteiger partial charge in [-0.25, -0.2) is 28.7 Å². The van der Waals surface area contributed by atoms with Crippen molar-refractivity contribution in [3.05, 3.63) is 54.1 Å². The minimum absolute atomic E-state index is 0.00808. The van der Waals surface area contributed by atoms with Crippen LogP contribution in [0.2, 0.25) is 0 Å². The second kappa shape index (κ2) is 10.1. The number of ether oxygens (including phenoxy) is 1. The van der Waals surface area contributed by atoms with E-state index in [1.54, 1.807) is 18.3 Å². The molecule has 1 N–H and O–H groups in total. The van der Waals surface area contributed by atoms with Crippen molar-refractivity contribution in [3.8, 4) is 17.0 Å². The van der Waals surface area contributed by atoms with E-state index in [9.17, 15) is 4.39 Å². The number of halogens is 2. The minimum atomic E-state index is -0.638. The maximum Gasteiger partial charge on any atom is 0.229 e. The summed E-state index contributed by atoms with van der Waals surface area (Å²) in [6.07, 6.45) is 6.72. The van der Waals surface area contributed by atoms with Crippen molar-refractivity contribution in [2.24, 2.45) is 5.92 Å². The first-order valence-electron chi connectivity index (χ1n) is 13.6. The highest BCUT2D eigenvalue weighted by Gasteiger charge is 2.33. The third kappa shape index (κ3) is 5.05. The van der Waals surface area contributed by atoms with E-state index < -0.39 is 11.6 Å². The molecular formula is C29H33F2N7O. The molecule has 1 aromatic carbocycles. The van der Waals surface area contributed by atoms with Crippen molar-refractivity contribution in [3.63, 3.8) is 0 Å². The van der Waals surface area contributed by atoms with Gasteiger partial charge in [0.2, 0.25) is 5.95 Å². The molecule has 0 saturated carbocycles. The summed E-state index contributed by atoms with van der Waals surface area (Å²) in [5, 5.41) is 3.01. The number of imidazole rings is 1. The van der Waals surface area contributed by atoms with Gasteiger partial charge in [0.05, 0.1) is 24.5 Å². The lowest BCUT2D eigenvalue weighted by Crippen LogP contribution is -2.35. The smallest absolute Gasteiger partial charge is 0.229 e. The van der Waals surface area contributed by atoms with E-state index in [0.717, 1.165) is 57.3 Å². The lowest BCUT2D eigenvalue weighted by atomic mass is 9.98. The fourth-order valence-electron chi connectivity index (χ4n) is 5.66. The molecule has 2 aliphatic rings. The van der Waals surface area contributed by atoms with Gasteiger partial charge < -0.3 is 19.5 Å². The molecule has 0 aliphatic carbocycles. The predicted octanol–water partition coefficient (Wildman–Crippen LogP) is 5.70. The van der Waals surface area contributed by atoms with Crippen molar-refractivity contribution < 1.29 is 13.5 Å². The molecule has 204 valence electrons. The number of aromatic nitrogens is 5. The van der Waals surface area contributed by atoms with Crippen LogP contribution in [0.5, 0.6) is 5.75 Å². The molecule has 0 spiro atoms. The Morgan fingerprint density at radius 3 is 2.62 bits per heavy atom. The monoisotopic (exact) mass is 533 g/mol. The molecule has 1 saturated heterocycles. The van der Waals surface area contributed by atoms with E-state index in [-0.39, 0.29) is 17.2 Å². The lowest BCUT2D eigenvalue weighted by molar-refractivity contribution is 0.145. The molecule has 0 radical (unpaired) electrons. The molecule has 39 heavy (non-hydrogen) atoms. The first-order chi connectivity index (χ1) is 18.8. The molecule has 0 unspecified atom stereocenters. The van der Waals surface area contributed by atoms with Gasteiger partial charge in [0, 0.05) is 17.5 Å². The summed E-state index contributed by atoms with van der Waals surface area (Å²) in [4.78, 5) is 19.8. The highest BCUT2D eigenvalue weighted by Crippen LogP contribution is 2.38. The Labute approximate surface area is 226 Å². The van der Waals surface area contributed by atoms with Crippen LogP contribution in [-0.4, -0.2) is 55.6 Å². The number of hydrogen-bond acceptors (Lipinski definition) is 7. The summed E-state index contributed by atoms with van der Waals surface area (Å²) in [6.45, 7) is 10.4. The van der Waals surface area contributed by atoms with Crippen molar-refractivity contribution in [1.82, 2.24) is 29.4 Å². The molecule has 0 atom stereocenters. The number of piperidine rings is 1. The van der Waals surface area contributed by atoms with E-state index in [0.29, 0.717) is 40.7 Å². The van der Waals surface area contributed by atoms with Crippen molar-refractivity contribution in [1.29, 1.82) is 0 Å². The van der Waals surface area contributed by atoms with E-state index in [2.05, 4.69) is 55.5 Å². The number of benzene rings is 1. The molecule has 0 amide bonds. The Morgan fingerprint density at radius 1 is 1.05 bits per heavy atom. The number of likely N-dealkylation sites (tertiary alicyclic amines) is 1. The second-order valence-electron chi connectivity index (χ2n) is 11.1. The molecule has 4 aromatic rings. The molecule has 8 nitrogen and oxygen atoms in total. The normalized spacial score (nSPS) is 17.5. The summed E-state index contributed by atoms with van der Waals surface area (Å²) >= 11 is 0. The summed E-state index contributed by atoms with van der Waals surface area (Å²) in [5.41, 5.74) is 1.08. The minimum Gasteiger partial charge on any atom is -0.492 e. The van der Waals surface area contributed by atoms with Gasteiger partial charge in [-0.05, 0) is 82.9 Å². The number of aryl methyl sites for hydroxylation is 1. The van der Waals surface area contributed by atoms with Crippen LogP contribution in [0.1, 0.15) is 45.9 Å². The Morgan fingerprint density at radius 2 is 1.87 bits per heavy atom. The summed E-state index contributed by atoms with van der Waals surface area (Å²) in [6, 6.07) is 6.65. The zero-order valence-corrected chi connectivity index (χ0v) is 22.5. The standard InChI is InChI=1S/C29H33F2N7O/c1-4-37-11-8-18(9-12-37)17-39-20-5-6-24(32-15-20)34-28-33-16-22(31)26(36-28)19-13-21(30)27-23(14-19)38-25(35-27)7-10-29(38,2)3/h5-6,13-16,18H,4,7-12,17H2,1-3H3,(H,32,33,34,36). The van der Waals surface area contributed by atoms with Crippen LogP contribution in [0.4, 0.5) is 20.5 Å².